The normalized spacial score (nSPS) is 21.4. The largest absolute Gasteiger partial charge is 0.478 e. The average molecular weight is 910 g/mol. The maximum atomic E-state index is 16.6. The zero-order valence-electron chi connectivity index (χ0n) is 37.6. The van der Waals surface area contributed by atoms with E-state index in [-0.39, 0.29) is 59.1 Å². The van der Waals surface area contributed by atoms with Crippen molar-refractivity contribution >= 4 is 69.0 Å². The Balaban J connectivity index is 0.795. The third kappa shape index (κ3) is 8.17. The summed E-state index contributed by atoms with van der Waals surface area (Å²) >= 11 is 6.66. The number of anilines is 4. The molecule has 9 rings (SSSR count). The van der Waals surface area contributed by atoms with Crippen LogP contribution in [0.15, 0.2) is 59.5 Å². The molecule has 0 saturated carbocycles. The Labute approximate surface area is 382 Å². The maximum absolute atomic E-state index is 16.6. The third-order valence-corrected chi connectivity index (χ3v) is 15.1. The Hall–Kier alpha value is -5.74. The van der Waals surface area contributed by atoms with Gasteiger partial charge in [0, 0.05) is 104 Å². The van der Waals surface area contributed by atoms with Gasteiger partial charge in [-0.2, -0.15) is 0 Å². The van der Waals surface area contributed by atoms with Crippen molar-refractivity contribution in [1.82, 2.24) is 30.0 Å². The van der Waals surface area contributed by atoms with E-state index in [9.17, 15) is 24.0 Å². The molecule has 0 bridgehead atoms. The van der Waals surface area contributed by atoms with Gasteiger partial charge in [0.05, 0.1) is 22.4 Å². The van der Waals surface area contributed by atoms with E-state index in [1.807, 2.05) is 50.2 Å². The lowest BCUT2D eigenvalue weighted by Gasteiger charge is -2.67. The standard InChI is InChI=1S/C48H57ClFN9O6/c1-29(2)59-37-9-6-32(20-30(37)22-39(45(59)64)65-26-42(61)51-5)53-36-23-40(52-24-35(36)49)56-18-14-48(50,15-19-56)28-55-16-12-47(13-17-55)27-58(46(47,3)4)33-7-8-34-31(21-33)25-57(44(34)63)38-10-11-41(60)54-43(38)62/h6-9,20-24,29,38H,10-19,25-28H2,1-5H3,(H,51,61)(H,52,53)(H,54,60,62). The number of fused-ring (bicyclic) bond motifs is 2. The van der Waals surface area contributed by atoms with Gasteiger partial charge in [-0.05, 0) is 108 Å². The van der Waals surface area contributed by atoms with Gasteiger partial charge in [-0.15, -0.1) is 0 Å². The van der Waals surface area contributed by atoms with Crippen LogP contribution in [-0.4, -0.2) is 113 Å². The van der Waals surface area contributed by atoms with E-state index < -0.39 is 17.6 Å². The maximum Gasteiger partial charge on any atom is 0.293 e. The van der Waals surface area contributed by atoms with Crippen LogP contribution in [0.2, 0.25) is 5.02 Å². The Morgan fingerprint density at radius 1 is 1.00 bits per heavy atom. The van der Waals surface area contributed by atoms with E-state index in [0.29, 0.717) is 67.5 Å². The van der Waals surface area contributed by atoms with E-state index in [0.717, 1.165) is 60.3 Å². The van der Waals surface area contributed by atoms with Crippen LogP contribution in [0.4, 0.5) is 27.3 Å². The van der Waals surface area contributed by atoms with Crippen LogP contribution in [0.3, 0.4) is 0 Å². The highest BCUT2D eigenvalue weighted by Gasteiger charge is 2.59. The minimum absolute atomic E-state index is 0.0838. The number of halogens is 2. The minimum atomic E-state index is -1.32. The zero-order chi connectivity index (χ0) is 46.0. The summed E-state index contributed by atoms with van der Waals surface area (Å²) in [7, 11) is 1.51. The molecule has 1 unspecified atom stereocenters. The molecular formula is C48H57ClFN9O6. The number of aromatic nitrogens is 2. The van der Waals surface area contributed by atoms with Crippen molar-refractivity contribution < 1.29 is 28.3 Å². The summed E-state index contributed by atoms with van der Waals surface area (Å²) in [5, 5.41) is 9.46. The second-order valence-electron chi connectivity index (χ2n) is 19.2. The minimum Gasteiger partial charge on any atom is -0.478 e. The number of benzene rings is 2. The SMILES string of the molecule is CNC(=O)COc1cc2cc(Nc3cc(N4CCC(F)(CN5CCC6(CC5)CN(c5ccc7c(c5)CN(C5CCC(=O)NC5=O)C7=O)C6(C)C)CC4)ncc3Cl)ccc2n(C(C)C)c1=O. The molecule has 0 aliphatic carbocycles. The Morgan fingerprint density at radius 3 is 2.45 bits per heavy atom. The summed E-state index contributed by atoms with van der Waals surface area (Å²) in [5.41, 5.74) is 2.98. The number of alkyl halides is 1. The topological polar surface area (TPSA) is 161 Å². The predicted molar refractivity (Wildman–Crippen MR) is 248 cm³/mol. The molecule has 4 aromatic rings. The van der Waals surface area contributed by atoms with Crippen LogP contribution in [-0.2, 0) is 20.9 Å². The van der Waals surface area contributed by atoms with E-state index >= 15 is 4.39 Å². The first-order chi connectivity index (χ1) is 31.0. The molecule has 0 radical (unpaired) electrons. The van der Waals surface area contributed by atoms with Crippen LogP contribution in [0, 0.1) is 5.41 Å². The van der Waals surface area contributed by atoms with Gasteiger partial charge in [0.25, 0.3) is 17.4 Å². The molecule has 7 heterocycles. The molecule has 2 aromatic heterocycles. The van der Waals surface area contributed by atoms with Crippen LogP contribution in [0.1, 0.15) is 88.2 Å². The quantitative estimate of drug-likeness (QED) is 0.153. The number of piperidine rings is 3. The van der Waals surface area contributed by atoms with E-state index in [1.165, 1.54) is 7.05 Å². The van der Waals surface area contributed by atoms with Crippen molar-refractivity contribution in [1.29, 1.82) is 0 Å². The van der Waals surface area contributed by atoms with E-state index in [1.54, 1.807) is 21.7 Å². The van der Waals surface area contributed by atoms with Gasteiger partial charge in [0.1, 0.15) is 17.5 Å². The number of nitrogens with zero attached hydrogens (tertiary/aromatic N) is 6. The van der Waals surface area contributed by atoms with Crippen LogP contribution >= 0.6 is 11.6 Å². The fraction of sp³-hybridized carbons (Fsp3) is 0.500. The van der Waals surface area contributed by atoms with Crippen molar-refractivity contribution in [3.8, 4) is 5.75 Å². The molecule has 5 aliphatic rings. The summed E-state index contributed by atoms with van der Waals surface area (Å²) in [6.07, 6.45) is 4.87. The lowest BCUT2D eigenvalue weighted by Crippen LogP contribution is -2.74. The highest BCUT2D eigenvalue weighted by atomic mass is 35.5. The van der Waals surface area contributed by atoms with Crippen molar-refractivity contribution in [2.45, 2.75) is 96.1 Å². The highest BCUT2D eigenvalue weighted by Crippen LogP contribution is 2.55. The summed E-state index contributed by atoms with van der Waals surface area (Å²) in [6.45, 7) is 12.5. The Morgan fingerprint density at radius 2 is 1.75 bits per heavy atom. The van der Waals surface area contributed by atoms with Gasteiger partial charge >= 0.3 is 0 Å². The fourth-order valence-corrected chi connectivity index (χ4v) is 10.9. The first kappa shape index (κ1) is 44.5. The third-order valence-electron chi connectivity index (χ3n) is 14.8. The summed E-state index contributed by atoms with van der Waals surface area (Å²) in [5.74, 6) is -0.430. The molecule has 17 heteroatoms. The Kier molecular flexibility index (Phi) is 11.6. The molecule has 1 spiro atoms. The first-order valence-corrected chi connectivity index (χ1v) is 23.0. The lowest BCUT2D eigenvalue weighted by atomic mass is 9.57. The number of hydrogen-bond donors (Lipinski definition) is 3. The average Bonchev–Trinajstić information content (AvgIpc) is 3.60. The van der Waals surface area contributed by atoms with E-state index in [4.69, 9.17) is 16.3 Å². The van der Waals surface area contributed by atoms with Gasteiger partial charge in [-0.25, -0.2) is 9.37 Å². The number of rotatable bonds is 11. The fourth-order valence-electron chi connectivity index (χ4n) is 10.7. The molecule has 3 N–H and O–H groups in total. The predicted octanol–water partition coefficient (Wildman–Crippen LogP) is 5.95. The van der Waals surface area contributed by atoms with Crippen molar-refractivity contribution in [2.24, 2.45) is 5.41 Å². The number of pyridine rings is 2. The van der Waals surface area contributed by atoms with Crippen LogP contribution in [0.25, 0.3) is 10.9 Å². The number of hydrogen-bond acceptors (Lipinski definition) is 11. The van der Waals surface area contributed by atoms with Crippen molar-refractivity contribution in [3.05, 3.63) is 81.2 Å². The molecule has 1 atom stereocenters. The molecule has 2 aromatic carbocycles. The molecule has 4 fully saturated rings. The number of amides is 4. The second kappa shape index (κ2) is 16.9. The van der Waals surface area contributed by atoms with Gasteiger partial charge < -0.3 is 39.5 Å². The van der Waals surface area contributed by atoms with Crippen LogP contribution in [0.5, 0.6) is 5.75 Å². The number of carbonyl (C=O) groups excluding carboxylic acids is 4. The number of likely N-dealkylation sites (N-methyl/N-ethyl adjacent to an activating group) is 1. The Bertz CT molecular complexity index is 2640. The van der Waals surface area contributed by atoms with Crippen molar-refractivity contribution in [3.63, 3.8) is 0 Å². The van der Waals surface area contributed by atoms with Crippen molar-refractivity contribution in [2.75, 3.05) is 68.0 Å². The summed E-state index contributed by atoms with van der Waals surface area (Å²) < 4.78 is 23.9. The van der Waals surface area contributed by atoms with Gasteiger partial charge in [0.15, 0.2) is 12.4 Å². The first-order valence-electron chi connectivity index (χ1n) is 22.6. The van der Waals surface area contributed by atoms with Gasteiger partial charge in [0.2, 0.25) is 11.8 Å². The molecule has 4 amide bonds. The van der Waals surface area contributed by atoms with E-state index in [2.05, 4.69) is 55.5 Å². The lowest BCUT2D eigenvalue weighted by molar-refractivity contribution is -0.137. The molecule has 5 aliphatic heterocycles. The smallest absolute Gasteiger partial charge is 0.293 e. The second-order valence-corrected chi connectivity index (χ2v) is 19.6. The zero-order valence-corrected chi connectivity index (χ0v) is 38.4. The number of nitrogens with one attached hydrogen (secondary N) is 3. The monoisotopic (exact) mass is 909 g/mol. The van der Waals surface area contributed by atoms with Crippen LogP contribution < -0.4 is 36.0 Å². The number of likely N-dealkylation sites (tertiary alicyclic amines) is 1. The molecule has 15 nitrogen and oxygen atoms in total. The highest BCUT2D eigenvalue weighted by molar-refractivity contribution is 6.33. The van der Waals surface area contributed by atoms with Gasteiger partial charge in [-0.1, -0.05) is 11.6 Å². The number of ether oxygens (including phenoxy) is 1. The number of carbonyl (C=O) groups is 4. The molecule has 344 valence electrons. The molecule has 65 heavy (non-hydrogen) atoms. The number of imide groups is 1. The summed E-state index contributed by atoms with van der Waals surface area (Å²) in [4.78, 5) is 75.8. The summed E-state index contributed by atoms with van der Waals surface area (Å²) in [6, 6.07) is 14.4. The van der Waals surface area contributed by atoms with Gasteiger partial charge in [-0.3, -0.25) is 29.3 Å². The molecule has 4 saturated heterocycles. The molecular weight excluding hydrogens is 853 g/mol.